The van der Waals surface area contributed by atoms with Crippen LogP contribution in [-0.2, 0) is 32.0 Å². The molecule has 0 aliphatic heterocycles. The average molecular weight is 420 g/mol. The van der Waals surface area contributed by atoms with E-state index < -0.39 is 23.9 Å². The fourth-order valence-electron chi connectivity index (χ4n) is 2.01. The summed E-state index contributed by atoms with van der Waals surface area (Å²) in [7, 11) is 0. The zero-order valence-corrected chi connectivity index (χ0v) is 15.7. The minimum Gasteiger partial charge on any atom is -0.481 e. The second kappa shape index (κ2) is 12.4. The maximum absolute atomic E-state index is 10.3. The van der Waals surface area contributed by atoms with Crippen molar-refractivity contribution >= 4 is 36.0 Å². The average Bonchev–Trinajstić information content (AvgIpc) is 3.31. The minimum absolute atomic E-state index is 0.0197. The monoisotopic (exact) mass is 420 g/mol. The van der Waals surface area contributed by atoms with Gasteiger partial charge in [0.05, 0.1) is 12.8 Å². The Kier molecular flexibility index (Phi) is 9.90. The molecule has 0 bridgehead atoms. The van der Waals surface area contributed by atoms with Gasteiger partial charge in [0.15, 0.2) is 0 Å². The first-order chi connectivity index (χ1) is 14.2. The van der Waals surface area contributed by atoms with E-state index in [0.717, 1.165) is 12.2 Å². The smallest absolute Gasteiger partial charge is 0.328 e. The molecular weight excluding hydrogens is 400 g/mol. The summed E-state index contributed by atoms with van der Waals surface area (Å²) in [5.74, 6) is -2.04. The Morgan fingerprint density at radius 2 is 1.07 bits per heavy atom. The van der Waals surface area contributed by atoms with Gasteiger partial charge in [0.25, 0.3) is 0 Å². The highest BCUT2D eigenvalue weighted by Gasteiger charge is 2.06. The van der Waals surface area contributed by atoms with E-state index in [1.165, 1.54) is 12.2 Å². The zero-order chi connectivity index (χ0) is 22.5. The first-order valence-corrected chi connectivity index (χ1v) is 8.58. The number of hydrogen-bond acceptors (Lipinski definition) is 6. The van der Waals surface area contributed by atoms with Gasteiger partial charge in [-0.25, -0.2) is 9.59 Å². The summed E-state index contributed by atoms with van der Waals surface area (Å²) in [5.41, 5.74) is 0. The van der Waals surface area contributed by atoms with E-state index in [1.54, 1.807) is 24.3 Å². The number of carboxylic acids is 4. The molecule has 0 saturated heterocycles. The van der Waals surface area contributed by atoms with Crippen LogP contribution in [0.4, 0.5) is 0 Å². The molecular formula is C20H20O10. The summed E-state index contributed by atoms with van der Waals surface area (Å²) in [6.07, 6.45) is 5.14. The molecule has 0 aromatic carbocycles. The van der Waals surface area contributed by atoms with Crippen molar-refractivity contribution < 1.29 is 48.4 Å². The Labute approximate surface area is 170 Å². The van der Waals surface area contributed by atoms with Gasteiger partial charge in [-0.1, -0.05) is 0 Å². The van der Waals surface area contributed by atoms with Crippen molar-refractivity contribution in [2.24, 2.45) is 0 Å². The summed E-state index contributed by atoms with van der Waals surface area (Å²) in [6.45, 7) is 0. The summed E-state index contributed by atoms with van der Waals surface area (Å²) in [6, 6.07) is 6.45. The van der Waals surface area contributed by atoms with Crippen molar-refractivity contribution in [2.45, 2.75) is 25.7 Å². The highest BCUT2D eigenvalue weighted by molar-refractivity contribution is 5.85. The molecule has 0 spiro atoms. The molecule has 30 heavy (non-hydrogen) atoms. The summed E-state index contributed by atoms with van der Waals surface area (Å²) in [4.78, 5) is 40.9. The van der Waals surface area contributed by atoms with Crippen molar-refractivity contribution in [2.75, 3.05) is 0 Å². The molecule has 2 rings (SSSR count). The molecule has 10 nitrogen and oxygen atoms in total. The molecule has 2 heterocycles. The Morgan fingerprint density at radius 1 is 0.667 bits per heavy atom. The third-order valence-electron chi connectivity index (χ3n) is 3.32. The molecule has 0 fully saturated rings. The van der Waals surface area contributed by atoms with Gasteiger partial charge >= 0.3 is 23.9 Å². The van der Waals surface area contributed by atoms with Crippen LogP contribution in [0.3, 0.4) is 0 Å². The van der Waals surface area contributed by atoms with Crippen LogP contribution >= 0.6 is 0 Å². The van der Waals surface area contributed by atoms with Gasteiger partial charge in [-0.05, 0) is 36.4 Å². The van der Waals surface area contributed by atoms with Crippen molar-refractivity contribution in [1.29, 1.82) is 0 Å². The second-order valence-electron chi connectivity index (χ2n) is 5.74. The number of hydrogen-bond donors (Lipinski definition) is 4. The molecule has 160 valence electrons. The van der Waals surface area contributed by atoms with Gasteiger partial charge in [-0.15, -0.1) is 0 Å². The maximum Gasteiger partial charge on any atom is 0.328 e. The van der Waals surface area contributed by atoms with Crippen molar-refractivity contribution in [3.05, 3.63) is 59.5 Å². The standard InChI is InChI=1S/C10H12O5.C10H8O5/c2*11-9(12)5-3-7-1-2-8(15-7)4-6-10(13)14/h1-2H,3-6H2,(H,11,12)(H,13,14);1-6H,(H,11,12)(H,13,14)/b;5-3+,6-4+. The molecule has 10 heteroatoms. The van der Waals surface area contributed by atoms with E-state index in [0.29, 0.717) is 35.9 Å². The molecule has 0 amide bonds. The summed E-state index contributed by atoms with van der Waals surface area (Å²) >= 11 is 0. The van der Waals surface area contributed by atoms with Gasteiger partial charge in [0.1, 0.15) is 23.0 Å². The lowest BCUT2D eigenvalue weighted by Gasteiger charge is -1.94. The SMILES string of the molecule is O=C(O)/C=C/c1ccc(/C=C/C(=O)O)o1.O=C(O)CCc1ccc(CCC(=O)O)o1. The lowest BCUT2D eigenvalue weighted by Crippen LogP contribution is -1.97. The number of carboxylic acid groups (broad SMARTS) is 4. The molecule has 2 aromatic heterocycles. The van der Waals surface area contributed by atoms with Gasteiger partial charge in [-0.3, -0.25) is 9.59 Å². The number of aliphatic carboxylic acids is 4. The maximum atomic E-state index is 10.3. The molecule has 0 aliphatic rings. The van der Waals surface area contributed by atoms with E-state index >= 15 is 0 Å². The van der Waals surface area contributed by atoms with E-state index in [1.807, 2.05) is 0 Å². The van der Waals surface area contributed by atoms with Crippen molar-refractivity contribution in [1.82, 2.24) is 0 Å². The second-order valence-corrected chi connectivity index (χ2v) is 5.74. The molecule has 2 aromatic rings. The molecule has 0 saturated carbocycles. The number of furan rings is 2. The highest BCUT2D eigenvalue weighted by Crippen LogP contribution is 2.12. The van der Waals surface area contributed by atoms with Crippen LogP contribution in [0, 0.1) is 0 Å². The minimum atomic E-state index is -1.07. The summed E-state index contributed by atoms with van der Waals surface area (Å²) < 4.78 is 10.3. The first kappa shape index (κ1) is 24.0. The Bertz CT molecular complexity index is 858. The third kappa shape index (κ3) is 10.9. The third-order valence-corrected chi connectivity index (χ3v) is 3.32. The largest absolute Gasteiger partial charge is 0.481 e. The normalized spacial score (nSPS) is 10.7. The lowest BCUT2D eigenvalue weighted by molar-refractivity contribution is -0.137. The molecule has 0 atom stereocenters. The lowest BCUT2D eigenvalue weighted by atomic mass is 10.2. The van der Waals surface area contributed by atoms with Gasteiger partial charge in [0.2, 0.25) is 0 Å². The molecule has 0 radical (unpaired) electrons. The molecule has 0 unspecified atom stereocenters. The topological polar surface area (TPSA) is 175 Å². The van der Waals surface area contributed by atoms with Crippen LogP contribution in [0.5, 0.6) is 0 Å². The quantitative estimate of drug-likeness (QED) is 0.418. The van der Waals surface area contributed by atoms with E-state index in [2.05, 4.69) is 0 Å². The number of rotatable bonds is 10. The Morgan fingerprint density at radius 3 is 1.40 bits per heavy atom. The van der Waals surface area contributed by atoms with Crippen LogP contribution in [0.1, 0.15) is 35.9 Å². The predicted molar refractivity (Wildman–Crippen MR) is 103 cm³/mol. The van der Waals surface area contributed by atoms with Crippen molar-refractivity contribution in [3.8, 4) is 0 Å². The van der Waals surface area contributed by atoms with Gasteiger partial charge in [0, 0.05) is 25.0 Å². The van der Waals surface area contributed by atoms with Gasteiger partial charge < -0.3 is 29.3 Å². The molecule has 4 N–H and O–H groups in total. The van der Waals surface area contributed by atoms with Crippen LogP contribution < -0.4 is 0 Å². The Hall–Kier alpha value is -4.08. The van der Waals surface area contributed by atoms with Crippen LogP contribution in [0.25, 0.3) is 12.2 Å². The Balaban J connectivity index is 0.000000300. The van der Waals surface area contributed by atoms with Gasteiger partial charge in [-0.2, -0.15) is 0 Å². The number of carbonyl (C=O) groups is 4. The fourth-order valence-corrected chi connectivity index (χ4v) is 2.01. The zero-order valence-electron chi connectivity index (χ0n) is 15.7. The van der Waals surface area contributed by atoms with Crippen LogP contribution in [0.2, 0.25) is 0 Å². The van der Waals surface area contributed by atoms with Crippen LogP contribution in [0.15, 0.2) is 45.3 Å². The highest BCUT2D eigenvalue weighted by atomic mass is 16.4. The van der Waals surface area contributed by atoms with E-state index in [9.17, 15) is 19.2 Å². The summed E-state index contributed by atoms with van der Waals surface area (Å²) in [5, 5.41) is 33.6. The van der Waals surface area contributed by atoms with E-state index in [4.69, 9.17) is 29.3 Å². The van der Waals surface area contributed by atoms with E-state index in [-0.39, 0.29) is 12.8 Å². The molecule has 0 aliphatic carbocycles. The number of aryl methyl sites for hydroxylation is 2. The first-order valence-electron chi connectivity index (χ1n) is 8.58. The predicted octanol–water partition coefficient (Wildman–Crippen LogP) is 2.79. The van der Waals surface area contributed by atoms with Crippen molar-refractivity contribution in [3.63, 3.8) is 0 Å². The van der Waals surface area contributed by atoms with Crippen LogP contribution in [-0.4, -0.2) is 44.3 Å². The fraction of sp³-hybridized carbons (Fsp3) is 0.200.